The molecule has 0 aromatic rings. The molecule has 2 N–H and O–H groups in total. The Hall–Kier alpha value is -0.0900. The zero-order valence-electron chi connectivity index (χ0n) is 12.4. The highest BCUT2D eigenvalue weighted by atomic mass is 32.2. The van der Waals surface area contributed by atoms with E-state index in [1.807, 2.05) is 0 Å². The lowest BCUT2D eigenvalue weighted by molar-refractivity contribution is -0.197. The second kappa shape index (κ2) is 6.01. The van der Waals surface area contributed by atoms with E-state index in [1.165, 1.54) is 0 Å². The van der Waals surface area contributed by atoms with Crippen LogP contribution in [0.3, 0.4) is 0 Å². The van der Waals surface area contributed by atoms with Gasteiger partial charge in [-0.1, -0.05) is 0 Å². The van der Waals surface area contributed by atoms with E-state index in [9.17, 15) is 17.6 Å². The lowest BCUT2D eigenvalue weighted by Crippen LogP contribution is -2.46. The van der Waals surface area contributed by atoms with Crippen LogP contribution in [-0.4, -0.2) is 60.6 Å². The Bertz CT molecular complexity index is 455. The lowest BCUT2D eigenvalue weighted by Gasteiger charge is -2.33. The molecular formula is C14H20F4N2O2S. The molecule has 0 aromatic carbocycles. The third-order valence-corrected chi connectivity index (χ3v) is 6.51. The van der Waals surface area contributed by atoms with Crippen molar-refractivity contribution in [2.45, 2.75) is 67.6 Å². The SMILES string of the molecule is FC1CC(SCC2CNC3OC3C3OC3N2)CCC1C(F)(F)F. The van der Waals surface area contributed by atoms with Gasteiger partial charge in [0, 0.05) is 23.6 Å². The highest BCUT2D eigenvalue weighted by molar-refractivity contribution is 7.99. The Balaban J connectivity index is 1.23. The van der Waals surface area contributed by atoms with Crippen molar-refractivity contribution >= 4 is 11.8 Å². The molecular weight excluding hydrogens is 336 g/mol. The van der Waals surface area contributed by atoms with Crippen molar-refractivity contribution in [2.75, 3.05) is 12.3 Å². The highest BCUT2D eigenvalue weighted by Crippen LogP contribution is 2.43. The number of halogens is 4. The van der Waals surface area contributed by atoms with E-state index in [4.69, 9.17) is 9.47 Å². The van der Waals surface area contributed by atoms with Crippen LogP contribution in [0.4, 0.5) is 17.6 Å². The summed E-state index contributed by atoms with van der Waals surface area (Å²) in [6.45, 7) is 0.720. The number of alkyl halides is 4. The number of fused-ring (bicyclic) bond motifs is 3. The maximum atomic E-state index is 13.8. The molecule has 4 rings (SSSR count). The average Bonchev–Trinajstić information content (AvgIpc) is 3.34. The number of hydrogen-bond donors (Lipinski definition) is 2. The zero-order chi connectivity index (χ0) is 16.2. The molecule has 0 aromatic heterocycles. The molecule has 8 atom stereocenters. The Kier molecular flexibility index (Phi) is 4.28. The van der Waals surface area contributed by atoms with Gasteiger partial charge in [-0.05, 0) is 19.3 Å². The van der Waals surface area contributed by atoms with Crippen LogP contribution < -0.4 is 10.6 Å². The van der Waals surface area contributed by atoms with Crippen molar-refractivity contribution in [2.24, 2.45) is 5.92 Å². The van der Waals surface area contributed by atoms with Gasteiger partial charge in [0.1, 0.15) is 30.8 Å². The Morgan fingerprint density at radius 2 is 1.83 bits per heavy atom. The highest BCUT2D eigenvalue weighted by Gasteiger charge is 2.59. The van der Waals surface area contributed by atoms with Crippen LogP contribution in [0.5, 0.6) is 0 Å². The van der Waals surface area contributed by atoms with Crippen molar-refractivity contribution in [1.29, 1.82) is 0 Å². The van der Waals surface area contributed by atoms with Gasteiger partial charge in [-0.3, -0.25) is 10.6 Å². The van der Waals surface area contributed by atoms with Crippen LogP contribution in [-0.2, 0) is 9.47 Å². The van der Waals surface area contributed by atoms with Gasteiger partial charge in [0.25, 0.3) is 0 Å². The molecule has 3 saturated heterocycles. The summed E-state index contributed by atoms with van der Waals surface area (Å²) in [5, 5.41) is 6.62. The smallest absolute Gasteiger partial charge is 0.350 e. The first-order chi connectivity index (χ1) is 10.9. The minimum absolute atomic E-state index is 0.00858. The number of nitrogens with one attached hydrogen (secondary N) is 2. The third kappa shape index (κ3) is 3.63. The third-order valence-electron chi connectivity index (χ3n) is 5.02. The monoisotopic (exact) mass is 356 g/mol. The van der Waals surface area contributed by atoms with Crippen molar-refractivity contribution in [3.8, 4) is 0 Å². The quantitative estimate of drug-likeness (QED) is 0.597. The maximum absolute atomic E-state index is 13.8. The molecule has 23 heavy (non-hydrogen) atoms. The molecule has 1 aliphatic carbocycles. The fourth-order valence-corrected chi connectivity index (χ4v) is 4.90. The number of thioether (sulfide) groups is 1. The van der Waals surface area contributed by atoms with E-state index in [-0.39, 0.29) is 48.8 Å². The average molecular weight is 356 g/mol. The van der Waals surface area contributed by atoms with Crippen LogP contribution in [0.1, 0.15) is 19.3 Å². The van der Waals surface area contributed by atoms with E-state index in [1.54, 1.807) is 11.8 Å². The molecule has 0 amide bonds. The van der Waals surface area contributed by atoms with E-state index >= 15 is 0 Å². The molecule has 1 saturated carbocycles. The van der Waals surface area contributed by atoms with Crippen molar-refractivity contribution in [3.63, 3.8) is 0 Å². The standard InChI is InChI=1S/C14H20F4N2O2S/c15-9-3-7(1-2-8(9)14(16,17)18)23-5-6-4-19-12-10(21-12)11-13(20-6)22-11/h6-13,19-20H,1-5H2. The van der Waals surface area contributed by atoms with E-state index in [0.717, 1.165) is 12.3 Å². The first kappa shape index (κ1) is 16.4. The minimum Gasteiger partial charge on any atom is -0.350 e. The van der Waals surface area contributed by atoms with Gasteiger partial charge < -0.3 is 9.47 Å². The van der Waals surface area contributed by atoms with Crippen LogP contribution in [0, 0.1) is 5.92 Å². The van der Waals surface area contributed by atoms with Gasteiger partial charge in [0.15, 0.2) is 0 Å². The molecule has 3 aliphatic heterocycles. The van der Waals surface area contributed by atoms with Crippen LogP contribution in [0.25, 0.3) is 0 Å². The molecule has 0 spiro atoms. The first-order valence-electron chi connectivity index (χ1n) is 8.04. The molecule has 132 valence electrons. The second-order valence-corrected chi connectivity index (χ2v) is 8.08. The molecule has 0 bridgehead atoms. The molecule has 0 radical (unpaired) electrons. The Morgan fingerprint density at radius 1 is 1.09 bits per heavy atom. The van der Waals surface area contributed by atoms with Crippen molar-refractivity contribution in [1.82, 2.24) is 10.6 Å². The minimum atomic E-state index is -4.42. The fraction of sp³-hybridized carbons (Fsp3) is 1.00. The summed E-state index contributed by atoms with van der Waals surface area (Å²) in [7, 11) is 0. The van der Waals surface area contributed by atoms with Gasteiger partial charge in [-0.2, -0.15) is 24.9 Å². The van der Waals surface area contributed by atoms with Crippen molar-refractivity contribution < 1.29 is 27.0 Å². The number of hydrogen-bond acceptors (Lipinski definition) is 5. The molecule has 3 heterocycles. The summed E-state index contributed by atoms with van der Waals surface area (Å²) in [6.07, 6.45) is -5.55. The van der Waals surface area contributed by atoms with E-state index in [2.05, 4.69) is 10.6 Å². The number of rotatable bonds is 3. The molecule has 4 fully saturated rings. The summed E-state index contributed by atoms with van der Waals surface area (Å²) < 4.78 is 62.8. The topological polar surface area (TPSA) is 49.1 Å². The maximum Gasteiger partial charge on any atom is 0.394 e. The van der Waals surface area contributed by atoms with Gasteiger partial charge in [0.2, 0.25) is 0 Å². The normalized spacial score (nSPS) is 49.6. The summed E-state index contributed by atoms with van der Waals surface area (Å²) >= 11 is 1.57. The van der Waals surface area contributed by atoms with Gasteiger partial charge in [-0.15, -0.1) is 0 Å². The summed E-state index contributed by atoms with van der Waals surface area (Å²) in [5.74, 6) is -1.06. The van der Waals surface area contributed by atoms with Crippen LogP contribution >= 0.6 is 11.8 Å². The Labute approximate surface area is 136 Å². The zero-order valence-corrected chi connectivity index (χ0v) is 13.2. The summed E-state index contributed by atoms with van der Waals surface area (Å²) in [4.78, 5) is 0. The van der Waals surface area contributed by atoms with E-state index in [0.29, 0.717) is 6.42 Å². The van der Waals surface area contributed by atoms with Gasteiger partial charge in [-0.25, -0.2) is 4.39 Å². The van der Waals surface area contributed by atoms with Crippen LogP contribution in [0.15, 0.2) is 0 Å². The molecule has 8 unspecified atom stereocenters. The predicted molar refractivity (Wildman–Crippen MR) is 76.8 cm³/mol. The fourth-order valence-electron chi connectivity index (χ4n) is 3.55. The predicted octanol–water partition coefficient (Wildman–Crippen LogP) is 1.80. The van der Waals surface area contributed by atoms with Crippen LogP contribution in [0.2, 0.25) is 0 Å². The van der Waals surface area contributed by atoms with Crippen molar-refractivity contribution in [3.05, 3.63) is 0 Å². The lowest BCUT2D eigenvalue weighted by atomic mass is 9.87. The molecule has 9 heteroatoms. The molecule has 4 nitrogen and oxygen atoms in total. The second-order valence-electron chi connectivity index (χ2n) is 6.75. The van der Waals surface area contributed by atoms with E-state index < -0.39 is 18.3 Å². The summed E-state index contributed by atoms with van der Waals surface area (Å²) in [6, 6.07) is 0.151. The largest absolute Gasteiger partial charge is 0.394 e. The molecule has 4 aliphatic rings. The van der Waals surface area contributed by atoms with Gasteiger partial charge >= 0.3 is 6.18 Å². The first-order valence-corrected chi connectivity index (χ1v) is 9.09. The van der Waals surface area contributed by atoms with Gasteiger partial charge in [0.05, 0.1) is 5.92 Å². The summed E-state index contributed by atoms with van der Waals surface area (Å²) in [5.41, 5.74) is 0. The number of ether oxygens (including phenoxy) is 2. The number of epoxide rings is 2. The Morgan fingerprint density at radius 3 is 2.57 bits per heavy atom.